The summed E-state index contributed by atoms with van der Waals surface area (Å²) in [6, 6.07) is 17.7. The number of aryl methyl sites for hydroxylation is 1. The van der Waals surface area contributed by atoms with Crippen molar-refractivity contribution in [3.8, 4) is 0 Å². The molecule has 3 aromatic rings. The van der Waals surface area contributed by atoms with Crippen LogP contribution in [0.3, 0.4) is 0 Å². The van der Waals surface area contributed by atoms with E-state index in [1.807, 2.05) is 43.3 Å². The van der Waals surface area contributed by atoms with Crippen LogP contribution < -0.4 is 10.2 Å². The van der Waals surface area contributed by atoms with Crippen LogP contribution in [0.2, 0.25) is 0 Å². The van der Waals surface area contributed by atoms with Crippen molar-refractivity contribution < 1.29 is 18.8 Å². The first kappa shape index (κ1) is 21.0. The summed E-state index contributed by atoms with van der Waals surface area (Å²) in [4.78, 5) is 43.0. The SMILES string of the molecule is Cc1ccc(CNC(=O)c2ccccc2CN2C(=O)[C@@H]3CCCN3C(=O)c3ccccc32)o1. The molecule has 1 aromatic heterocycles. The highest BCUT2D eigenvalue weighted by atomic mass is 16.3. The summed E-state index contributed by atoms with van der Waals surface area (Å²) in [6.45, 7) is 2.92. The first-order valence-corrected chi connectivity index (χ1v) is 11.2. The molecule has 5 rings (SSSR count). The number of para-hydroxylation sites is 1. The highest BCUT2D eigenvalue weighted by Gasteiger charge is 2.42. The van der Waals surface area contributed by atoms with Crippen molar-refractivity contribution in [1.29, 1.82) is 0 Å². The van der Waals surface area contributed by atoms with E-state index < -0.39 is 6.04 Å². The van der Waals surface area contributed by atoms with Crippen LogP contribution in [0.1, 0.15) is 50.6 Å². The zero-order chi connectivity index (χ0) is 22.9. The third-order valence-corrected chi connectivity index (χ3v) is 6.30. The lowest BCUT2D eigenvalue weighted by atomic mass is 10.0. The summed E-state index contributed by atoms with van der Waals surface area (Å²) in [5, 5.41) is 2.89. The summed E-state index contributed by atoms with van der Waals surface area (Å²) in [5.41, 5.74) is 2.31. The molecule has 2 aliphatic rings. The van der Waals surface area contributed by atoms with Crippen molar-refractivity contribution >= 4 is 23.4 Å². The van der Waals surface area contributed by atoms with Crippen molar-refractivity contribution in [3.63, 3.8) is 0 Å². The van der Waals surface area contributed by atoms with E-state index in [0.29, 0.717) is 41.1 Å². The second-order valence-corrected chi connectivity index (χ2v) is 8.45. The molecule has 2 aliphatic heterocycles. The van der Waals surface area contributed by atoms with E-state index in [9.17, 15) is 14.4 Å². The standard InChI is InChI=1S/C26H25N3O4/c1-17-12-13-19(33-17)15-27-24(30)20-8-3-2-7-18(20)16-29-22-10-5-4-9-21(22)25(31)28-14-6-11-23(28)26(29)32/h2-5,7-10,12-13,23H,6,11,14-16H2,1H3,(H,27,30)/t23-/m0/s1. The van der Waals surface area contributed by atoms with Crippen LogP contribution in [0.5, 0.6) is 0 Å². The molecule has 168 valence electrons. The van der Waals surface area contributed by atoms with E-state index in [0.717, 1.165) is 12.2 Å². The predicted molar refractivity (Wildman–Crippen MR) is 123 cm³/mol. The lowest BCUT2D eigenvalue weighted by Gasteiger charge is -2.26. The molecule has 7 heteroatoms. The minimum atomic E-state index is -0.465. The maximum Gasteiger partial charge on any atom is 0.256 e. The second kappa shape index (κ2) is 8.58. The smallest absolute Gasteiger partial charge is 0.256 e. The number of furan rings is 1. The average molecular weight is 444 g/mol. The van der Waals surface area contributed by atoms with Crippen LogP contribution in [0.15, 0.2) is 65.1 Å². The average Bonchev–Trinajstić information content (AvgIpc) is 3.48. The molecular weight excluding hydrogens is 418 g/mol. The number of carbonyl (C=O) groups is 3. The van der Waals surface area contributed by atoms with Crippen molar-refractivity contribution in [1.82, 2.24) is 10.2 Å². The molecule has 1 N–H and O–H groups in total. The molecule has 0 aliphatic carbocycles. The second-order valence-electron chi connectivity index (χ2n) is 8.45. The molecule has 0 unspecified atom stereocenters. The topological polar surface area (TPSA) is 82.9 Å². The lowest BCUT2D eigenvalue weighted by molar-refractivity contribution is -0.122. The number of hydrogen-bond acceptors (Lipinski definition) is 4. The first-order valence-electron chi connectivity index (χ1n) is 11.2. The van der Waals surface area contributed by atoms with E-state index >= 15 is 0 Å². The molecule has 1 fully saturated rings. The molecule has 7 nitrogen and oxygen atoms in total. The molecule has 3 heterocycles. The van der Waals surface area contributed by atoms with Gasteiger partial charge in [0.25, 0.3) is 11.8 Å². The maximum absolute atomic E-state index is 13.6. The molecule has 2 aromatic carbocycles. The van der Waals surface area contributed by atoms with Crippen LogP contribution in [0.25, 0.3) is 0 Å². The molecule has 1 atom stereocenters. The Morgan fingerprint density at radius 1 is 1.06 bits per heavy atom. The molecular formula is C26H25N3O4. The van der Waals surface area contributed by atoms with Gasteiger partial charge in [-0.25, -0.2) is 0 Å². The van der Waals surface area contributed by atoms with Crippen molar-refractivity contribution in [2.75, 3.05) is 11.4 Å². The Hall–Kier alpha value is -3.87. The minimum absolute atomic E-state index is 0.105. The van der Waals surface area contributed by atoms with E-state index in [1.165, 1.54) is 0 Å². The van der Waals surface area contributed by atoms with E-state index in [1.54, 1.807) is 34.1 Å². The minimum Gasteiger partial charge on any atom is -0.465 e. The van der Waals surface area contributed by atoms with Gasteiger partial charge in [-0.3, -0.25) is 14.4 Å². The van der Waals surface area contributed by atoms with E-state index in [2.05, 4.69) is 5.32 Å². The molecule has 0 bridgehead atoms. The summed E-state index contributed by atoms with van der Waals surface area (Å²) in [6.07, 6.45) is 1.46. The molecule has 0 saturated carbocycles. The number of hydrogen-bond donors (Lipinski definition) is 1. The van der Waals surface area contributed by atoms with Gasteiger partial charge < -0.3 is 19.5 Å². The molecule has 33 heavy (non-hydrogen) atoms. The highest BCUT2D eigenvalue weighted by Crippen LogP contribution is 2.33. The summed E-state index contributed by atoms with van der Waals surface area (Å²) >= 11 is 0. The largest absolute Gasteiger partial charge is 0.465 e. The molecule has 3 amide bonds. The quantitative estimate of drug-likeness (QED) is 0.652. The van der Waals surface area contributed by atoms with Gasteiger partial charge in [0.1, 0.15) is 17.6 Å². The van der Waals surface area contributed by atoms with Gasteiger partial charge in [0.15, 0.2) is 0 Å². The summed E-state index contributed by atoms with van der Waals surface area (Å²) in [7, 11) is 0. The predicted octanol–water partition coefficient (Wildman–Crippen LogP) is 3.67. The van der Waals surface area contributed by atoms with Gasteiger partial charge in [0, 0.05) is 12.1 Å². The number of anilines is 1. The van der Waals surface area contributed by atoms with Gasteiger partial charge in [-0.15, -0.1) is 0 Å². The molecule has 0 spiro atoms. The number of benzene rings is 2. The zero-order valence-electron chi connectivity index (χ0n) is 18.4. The van der Waals surface area contributed by atoms with Gasteiger partial charge in [0.2, 0.25) is 5.91 Å². The number of rotatable bonds is 5. The lowest BCUT2D eigenvalue weighted by Crippen LogP contribution is -2.44. The number of amides is 3. The van der Waals surface area contributed by atoms with Crippen molar-refractivity contribution in [2.24, 2.45) is 0 Å². The Morgan fingerprint density at radius 2 is 1.85 bits per heavy atom. The number of fused-ring (bicyclic) bond motifs is 2. The van der Waals surface area contributed by atoms with Gasteiger partial charge in [-0.1, -0.05) is 30.3 Å². The number of nitrogens with zero attached hydrogens (tertiary/aromatic N) is 2. The summed E-state index contributed by atoms with van der Waals surface area (Å²) in [5.74, 6) is 1.01. The fourth-order valence-corrected chi connectivity index (χ4v) is 4.67. The van der Waals surface area contributed by atoms with Crippen molar-refractivity contribution in [2.45, 2.75) is 38.9 Å². The van der Waals surface area contributed by atoms with Crippen LogP contribution in [0.4, 0.5) is 5.69 Å². The van der Waals surface area contributed by atoms with Crippen LogP contribution in [-0.2, 0) is 17.9 Å². The normalized spacial score (nSPS) is 17.5. The maximum atomic E-state index is 13.6. The Balaban J connectivity index is 1.45. The van der Waals surface area contributed by atoms with Crippen LogP contribution in [-0.4, -0.2) is 35.2 Å². The Bertz CT molecular complexity index is 1230. The third kappa shape index (κ3) is 3.91. The van der Waals surface area contributed by atoms with Gasteiger partial charge in [0.05, 0.1) is 24.3 Å². The van der Waals surface area contributed by atoms with Gasteiger partial charge >= 0.3 is 0 Å². The van der Waals surface area contributed by atoms with Crippen LogP contribution >= 0.6 is 0 Å². The van der Waals surface area contributed by atoms with Gasteiger partial charge in [-0.05, 0) is 55.7 Å². The number of nitrogens with one attached hydrogen (secondary N) is 1. The summed E-state index contributed by atoms with van der Waals surface area (Å²) < 4.78 is 5.53. The Morgan fingerprint density at radius 3 is 2.67 bits per heavy atom. The number of carbonyl (C=O) groups excluding carboxylic acids is 3. The van der Waals surface area contributed by atoms with E-state index in [4.69, 9.17) is 4.42 Å². The fraction of sp³-hybridized carbons (Fsp3) is 0.269. The van der Waals surface area contributed by atoms with Crippen molar-refractivity contribution in [3.05, 3.63) is 88.9 Å². The fourth-order valence-electron chi connectivity index (χ4n) is 4.67. The first-order chi connectivity index (χ1) is 16.0. The van der Waals surface area contributed by atoms with E-state index in [-0.39, 0.29) is 30.8 Å². The zero-order valence-corrected chi connectivity index (χ0v) is 18.4. The highest BCUT2D eigenvalue weighted by molar-refractivity contribution is 6.11. The molecule has 1 saturated heterocycles. The van der Waals surface area contributed by atoms with Crippen LogP contribution in [0, 0.1) is 6.92 Å². The Kier molecular flexibility index (Phi) is 5.46. The Labute approximate surface area is 192 Å². The molecule has 0 radical (unpaired) electrons. The third-order valence-electron chi connectivity index (χ3n) is 6.30. The monoisotopic (exact) mass is 443 g/mol. The van der Waals surface area contributed by atoms with Gasteiger partial charge in [-0.2, -0.15) is 0 Å².